The Kier molecular flexibility index (Phi) is 4.72. The molecular formula is C20H28N6O2. The van der Waals surface area contributed by atoms with Crippen LogP contribution >= 0.6 is 0 Å². The van der Waals surface area contributed by atoms with Crippen molar-refractivity contribution in [2.24, 2.45) is 0 Å². The zero-order valence-electron chi connectivity index (χ0n) is 16.9. The number of nitrogens with zero attached hydrogens (tertiary/aromatic N) is 5. The van der Waals surface area contributed by atoms with Gasteiger partial charge in [0.05, 0.1) is 28.8 Å². The van der Waals surface area contributed by atoms with Crippen molar-refractivity contribution in [3.8, 4) is 0 Å². The number of nitrogens with one attached hydrogen (secondary N) is 1. The fraction of sp³-hybridized carbons (Fsp3) is 0.600. The molecule has 1 spiro atoms. The summed E-state index contributed by atoms with van der Waals surface area (Å²) in [6, 6.07) is 0. The highest BCUT2D eigenvalue weighted by Gasteiger charge is 2.48. The lowest BCUT2D eigenvalue weighted by molar-refractivity contribution is -0.141. The number of carbonyl (C=O) groups is 2. The zero-order chi connectivity index (χ0) is 19.9. The summed E-state index contributed by atoms with van der Waals surface area (Å²) in [4.78, 5) is 37.5. The van der Waals surface area contributed by atoms with E-state index in [1.807, 2.05) is 36.8 Å². The van der Waals surface area contributed by atoms with Crippen LogP contribution in [0.1, 0.15) is 60.5 Å². The number of amides is 2. The first-order chi connectivity index (χ1) is 13.5. The SMILES string of the molecule is CCC(=O)N1CCc2[nH]cnc2C12CCN(C(=O)c1cn(CC)nc1C)CC2. The Morgan fingerprint density at radius 1 is 1.21 bits per heavy atom. The lowest BCUT2D eigenvalue weighted by atomic mass is 9.78. The van der Waals surface area contributed by atoms with Crippen molar-refractivity contribution in [1.82, 2.24) is 29.5 Å². The molecule has 0 saturated carbocycles. The Balaban J connectivity index is 1.58. The molecule has 1 fully saturated rings. The summed E-state index contributed by atoms with van der Waals surface area (Å²) in [6.07, 6.45) is 6.28. The minimum atomic E-state index is -0.403. The normalized spacial score (nSPS) is 18.4. The van der Waals surface area contributed by atoms with Crippen LogP contribution in [0.4, 0.5) is 0 Å². The summed E-state index contributed by atoms with van der Waals surface area (Å²) in [5.74, 6) is 0.187. The second-order valence-electron chi connectivity index (χ2n) is 7.69. The average Bonchev–Trinajstić information content (AvgIpc) is 3.35. The van der Waals surface area contributed by atoms with Crippen LogP contribution in [0.15, 0.2) is 12.5 Å². The van der Waals surface area contributed by atoms with Crippen molar-refractivity contribution in [3.63, 3.8) is 0 Å². The first kappa shape index (κ1) is 18.7. The molecule has 2 amide bonds. The molecule has 0 aliphatic carbocycles. The number of aryl methyl sites for hydroxylation is 2. The third kappa shape index (κ3) is 2.82. The molecule has 1 saturated heterocycles. The van der Waals surface area contributed by atoms with Gasteiger partial charge in [0.15, 0.2) is 0 Å². The Morgan fingerprint density at radius 3 is 2.61 bits per heavy atom. The van der Waals surface area contributed by atoms with E-state index in [2.05, 4.69) is 15.1 Å². The van der Waals surface area contributed by atoms with Gasteiger partial charge in [-0.2, -0.15) is 5.10 Å². The van der Waals surface area contributed by atoms with Gasteiger partial charge in [0.1, 0.15) is 0 Å². The second kappa shape index (κ2) is 7.07. The van der Waals surface area contributed by atoms with E-state index in [0.29, 0.717) is 44.5 Å². The number of hydrogen-bond donors (Lipinski definition) is 1. The Hall–Kier alpha value is -2.64. The minimum absolute atomic E-state index is 0.0264. The highest BCUT2D eigenvalue weighted by atomic mass is 16.2. The molecule has 8 nitrogen and oxygen atoms in total. The van der Waals surface area contributed by atoms with Gasteiger partial charge >= 0.3 is 0 Å². The van der Waals surface area contributed by atoms with E-state index in [-0.39, 0.29) is 11.8 Å². The monoisotopic (exact) mass is 384 g/mol. The molecule has 0 aromatic carbocycles. The summed E-state index contributed by atoms with van der Waals surface area (Å²) in [7, 11) is 0. The third-order valence-electron chi connectivity index (χ3n) is 6.24. The third-order valence-corrected chi connectivity index (χ3v) is 6.24. The molecule has 0 radical (unpaired) electrons. The van der Waals surface area contributed by atoms with E-state index < -0.39 is 5.54 Å². The largest absolute Gasteiger partial charge is 0.348 e. The molecule has 4 heterocycles. The number of likely N-dealkylation sites (tertiary alicyclic amines) is 1. The van der Waals surface area contributed by atoms with E-state index >= 15 is 0 Å². The maximum atomic E-state index is 13.1. The van der Waals surface area contributed by atoms with Gasteiger partial charge in [0, 0.05) is 50.9 Å². The molecule has 2 aliphatic heterocycles. The van der Waals surface area contributed by atoms with E-state index in [4.69, 9.17) is 0 Å². The first-order valence-corrected chi connectivity index (χ1v) is 10.2. The Bertz CT molecular complexity index is 890. The molecule has 8 heteroatoms. The molecule has 4 rings (SSSR count). The van der Waals surface area contributed by atoms with Crippen LogP contribution in [-0.2, 0) is 23.3 Å². The van der Waals surface area contributed by atoms with Crippen LogP contribution in [0.3, 0.4) is 0 Å². The van der Waals surface area contributed by atoms with Crippen LogP contribution in [0.5, 0.6) is 0 Å². The van der Waals surface area contributed by atoms with E-state index in [1.165, 1.54) is 0 Å². The summed E-state index contributed by atoms with van der Waals surface area (Å²) in [5, 5.41) is 4.40. The lowest BCUT2D eigenvalue weighted by Gasteiger charge is -2.50. The Labute approximate surface area is 164 Å². The number of rotatable bonds is 3. The van der Waals surface area contributed by atoms with Gasteiger partial charge in [-0.1, -0.05) is 6.92 Å². The number of piperidine rings is 1. The van der Waals surface area contributed by atoms with Gasteiger partial charge < -0.3 is 14.8 Å². The highest BCUT2D eigenvalue weighted by Crippen LogP contribution is 2.42. The number of aromatic amines is 1. The van der Waals surface area contributed by atoms with Crippen LogP contribution in [0.25, 0.3) is 0 Å². The lowest BCUT2D eigenvalue weighted by Crippen LogP contribution is -2.58. The van der Waals surface area contributed by atoms with Gasteiger partial charge in [0.2, 0.25) is 5.91 Å². The van der Waals surface area contributed by atoms with Crippen molar-refractivity contribution < 1.29 is 9.59 Å². The number of aromatic nitrogens is 4. The van der Waals surface area contributed by atoms with E-state index in [9.17, 15) is 9.59 Å². The molecule has 2 aliphatic rings. The fourth-order valence-corrected chi connectivity index (χ4v) is 4.68. The predicted octanol–water partition coefficient (Wildman–Crippen LogP) is 1.86. The van der Waals surface area contributed by atoms with Crippen molar-refractivity contribution in [2.45, 2.75) is 58.5 Å². The van der Waals surface area contributed by atoms with Gasteiger partial charge in [0.25, 0.3) is 5.91 Å². The highest BCUT2D eigenvalue weighted by molar-refractivity contribution is 5.95. The maximum Gasteiger partial charge on any atom is 0.257 e. The molecule has 0 unspecified atom stereocenters. The average molecular weight is 384 g/mol. The smallest absolute Gasteiger partial charge is 0.257 e. The summed E-state index contributed by atoms with van der Waals surface area (Å²) in [5.41, 5.74) is 3.15. The number of fused-ring (bicyclic) bond motifs is 2. The maximum absolute atomic E-state index is 13.1. The molecule has 0 bridgehead atoms. The van der Waals surface area contributed by atoms with Crippen molar-refractivity contribution in [2.75, 3.05) is 19.6 Å². The number of H-pyrrole nitrogens is 1. The van der Waals surface area contributed by atoms with Gasteiger partial charge in [-0.15, -0.1) is 0 Å². The van der Waals surface area contributed by atoms with Crippen LogP contribution < -0.4 is 0 Å². The number of carbonyl (C=O) groups excluding carboxylic acids is 2. The predicted molar refractivity (Wildman–Crippen MR) is 104 cm³/mol. The fourth-order valence-electron chi connectivity index (χ4n) is 4.68. The van der Waals surface area contributed by atoms with Crippen molar-refractivity contribution in [3.05, 3.63) is 35.2 Å². The molecule has 2 aromatic rings. The summed E-state index contributed by atoms with van der Waals surface area (Å²) in [6.45, 7) is 8.46. The number of hydrogen-bond acceptors (Lipinski definition) is 4. The topological polar surface area (TPSA) is 87.1 Å². The summed E-state index contributed by atoms with van der Waals surface area (Å²) < 4.78 is 1.80. The molecule has 1 N–H and O–H groups in total. The Morgan fingerprint density at radius 2 is 1.96 bits per heavy atom. The zero-order valence-corrected chi connectivity index (χ0v) is 16.9. The molecule has 2 aromatic heterocycles. The first-order valence-electron chi connectivity index (χ1n) is 10.2. The molecule has 0 atom stereocenters. The van der Waals surface area contributed by atoms with Crippen molar-refractivity contribution >= 4 is 11.8 Å². The van der Waals surface area contributed by atoms with Crippen LogP contribution in [-0.4, -0.2) is 61.0 Å². The standard InChI is InChI=1S/C20H28N6O2/c1-4-17(27)26-9-6-16-18(22-13-21-16)20(26)7-10-24(11-8-20)19(28)15-12-25(5-2)23-14(15)3/h12-13H,4-11H2,1-3H3,(H,21,22). The van der Waals surface area contributed by atoms with Crippen molar-refractivity contribution in [1.29, 1.82) is 0 Å². The second-order valence-corrected chi connectivity index (χ2v) is 7.69. The van der Waals surface area contributed by atoms with Gasteiger partial charge in [-0.25, -0.2) is 4.98 Å². The van der Waals surface area contributed by atoms with Gasteiger partial charge in [-0.05, 0) is 26.7 Å². The number of imidazole rings is 1. The van der Waals surface area contributed by atoms with E-state index in [0.717, 1.165) is 30.0 Å². The molecular weight excluding hydrogens is 356 g/mol. The summed E-state index contributed by atoms with van der Waals surface area (Å²) >= 11 is 0. The molecule has 150 valence electrons. The minimum Gasteiger partial charge on any atom is -0.348 e. The molecule has 28 heavy (non-hydrogen) atoms. The van der Waals surface area contributed by atoms with Gasteiger partial charge in [-0.3, -0.25) is 14.3 Å². The van der Waals surface area contributed by atoms with Crippen LogP contribution in [0.2, 0.25) is 0 Å². The van der Waals surface area contributed by atoms with E-state index in [1.54, 1.807) is 11.0 Å². The van der Waals surface area contributed by atoms with Crippen LogP contribution in [0, 0.1) is 6.92 Å². The quantitative estimate of drug-likeness (QED) is 0.875.